The predicted octanol–water partition coefficient (Wildman–Crippen LogP) is 5.08. The molecule has 1 unspecified atom stereocenters. The number of pyridine rings is 1. The number of halogens is 2. The van der Waals surface area contributed by atoms with Crippen molar-refractivity contribution in [1.29, 1.82) is 0 Å². The zero-order chi connectivity index (χ0) is 33.7. The minimum atomic E-state index is -4.27. The van der Waals surface area contributed by atoms with Crippen LogP contribution < -0.4 is 15.0 Å². The lowest BCUT2D eigenvalue weighted by Crippen LogP contribution is -2.66. The second kappa shape index (κ2) is 12.7. The number of aromatic nitrogens is 1. The molecule has 0 saturated carbocycles. The monoisotopic (exact) mass is 689 g/mol. The fourth-order valence-electron chi connectivity index (χ4n) is 6.32. The third kappa shape index (κ3) is 5.85. The highest BCUT2D eigenvalue weighted by Crippen LogP contribution is 2.53. The van der Waals surface area contributed by atoms with E-state index in [-0.39, 0.29) is 43.4 Å². The third-order valence-electron chi connectivity index (χ3n) is 8.42. The standard InChI is InChI=1S/C32H34F2N3O8PS/c1-5-44-46(41,18-32(2,3)31(40)42-4)45-29-23(38)12-13-36-28(29)30(39)35-14-15-43-16-25(35)37(36)27-19-10-11-22(33)26(34)21(19)17-47-24-9-7-6-8-20(24)27/h6-13,25,27H,5,14-18H2,1-4H3/t25-,27+,46?/m1/s1. The molecule has 3 aliphatic heterocycles. The van der Waals surface area contributed by atoms with E-state index in [1.165, 1.54) is 60.6 Å². The molecule has 4 heterocycles. The SMILES string of the molecule is CCOP(=O)(CC(C)(C)C(=O)OC)Oc1c2n(ccc1=O)N([C@@H]1c3ccccc3SCc3c1ccc(F)c3F)[C@@H]1COCCN1C2=O. The Morgan fingerprint density at radius 1 is 1.13 bits per heavy atom. The topological polar surface area (TPSA) is 117 Å². The van der Waals surface area contributed by atoms with Crippen molar-refractivity contribution in [2.45, 2.75) is 43.6 Å². The molecular formula is C32H34F2N3O8PS. The first kappa shape index (κ1) is 33.2. The van der Waals surface area contributed by atoms with Gasteiger partial charge in [0.2, 0.25) is 11.2 Å². The quantitative estimate of drug-likeness (QED) is 0.234. The van der Waals surface area contributed by atoms with Crippen molar-refractivity contribution < 1.29 is 41.5 Å². The van der Waals surface area contributed by atoms with E-state index in [1.54, 1.807) is 11.9 Å². The maximum absolute atomic E-state index is 15.5. The molecule has 0 bridgehead atoms. The van der Waals surface area contributed by atoms with Gasteiger partial charge in [0, 0.05) is 35.0 Å². The van der Waals surface area contributed by atoms with Gasteiger partial charge in [0.25, 0.3) is 5.91 Å². The van der Waals surface area contributed by atoms with E-state index in [4.69, 9.17) is 18.5 Å². The normalized spacial score (nSPS) is 20.3. The minimum Gasteiger partial charge on any atom is -0.469 e. The van der Waals surface area contributed by atoms with Crippen molar-refractivity contribution in [2.75, 3.05) is 44.6 Å². The molecule has 1 aromatic heterocycles. The van der Waals surface area contributed by atoms with Gasteiger partial charge in [-0.15, -0.1) is 11.8 Å². The molecule has 3 aromatic rings. The van der Waals surface area contributed by atoms with E-state index in [1.807, 2.05) is 24.3 Å². The summed E-state index contributed by atoms with van der Waals surface area (Å²) in [5.41, 5.74) is -0.911. The minimum absolute atomic E-state index is 0.0725. The number of carbonyl (C=O) groups excluding carboxylic acids is 2. The van der Waals surface area contributed by atoms with Crippen LogP contribution in [0.15, 0.2) is 58.4 Å². The Labute approximate surface area is 274 Å². The number of benzene rings is 2. The second-order valence-corrected chi connectivity index (χ2v) is 14.9. The molecule has 2 aromatic carbocycles. The Morgan fingerprint density at radius 3 is 2.64 bits per heavy atom. The summed E-state index contributed by atoms with van der Waals surface area (Å²) >= 11 is 1.36. The van der Waals surface area contributed by atoms with Crippen LogP contribution >= 0.6 is 19.4 Å². The fourth-order valence-corrected chi connectivity index (χ4v) is 9.59. The number of methoxy groups -OCH3 is 1. The molecule has 15 heteroatoms. The number of esters is 1. The maximum Gasteiger partial charge on any atom is 0.380 e. The average molecular weight is 690 g/mol. The van der Waals surface area contributed by atoms with Crippen LogP contribution in [0.3, 0.4) is 0 Å². The molecule has 3 aliphatic rings. The van der Waals surface area contributed by atoms with Crippen LogP contribution in [0.1, 0.15) is 54.0 Å². The van der Waals surface area contributed by atoms with E-state index in [0.29, 0.717) is 5.56 Å². The van der Waals surface area contributed by atoms with Crippen LogP contribution in [0.4, 0.5) is 8.78 Å². The zero-order valence-electron chi connectivity index (χ0n) is 26.2. The van der Waals surface area contributed by atoms with Crippen molar-refractivity contribution in [1.82, 2.24) is 9.58 Å². The molecule has 250 valence electrons. The van der Waals surface area contributed by atoms with E-state index >= 15 is 4.39 Å². The van der Waals surface area contributed by atoms with E-state index in [9.17, 15) is 23.3 Å². The first-order valence-electron chi connectivity index (χ1n) is 15.0. The van der Waals surface area contributed by atoms with Crippen molar-refractivity contribution in [3.05, 3.63) is 92.9 Å². The summed E-state index contributed by atoms with van der Waals surface area (Å²) in [4.78, 5) is 42.7. The molecule has 0 N–H and O–H groups in total. The van der Waals surface area contributed by atoms with Gasteiger partial charge in [-0.1, -0.05) is 24.3 Å². The Bertz CT molecular complexity index is 1850. The number of ether oxygens (including phenoxy) is 2. The summed E-state index contributed by atoms with van der Waals surface area (Å²) in [6.07, 6.45) is 0.217. The van der Waals surface area contributed by atoms with Gasteiger partial charge >= 0.3 is 13.6 Å². The average Bonchev–Trinajstić information content (AvgIpc) is 3.21. The Kier molecular flexibility index (Phi) is 8.98. The van der Waals surface area contributed by atoms with Crippen LogP contribution in [-0.4, -0.2) is 67.3 Å². The summed E-state index contributed by atoms with van der Waals surface area (Å²) in [7, 11) is -3.07. The van der Waals surface area contributed by atoms with Crippen LogP contribution in [-0.2, 0) is 29.1 Å². The first-order valence-corrected chi connectivity index (χ1v) is 17.7. The molecule has 0 aliphatic carbocycles. The predicted molar refractivity (Wildman–Crippen MR) is 169 cm³/mol. The van der Waals surface area contributed by atoms with Gasteiger partial charge in [-0.05, 0) is 44.0 Å². The summed E-state index contributed by atoms with van der Waals surface area (Å²) in [6.45, 7) is 4.95. The van der Waals surface area contributed by atoms with Gasteiger partial charge in [-0.2, -0.15) is 0 Å². The molecular weight excluding hydrogens is 655 g/mol. The van der Waals surface area contributed by atoms with E-state index < -0.39 is 66.1 Å². The molecule has 11 nitrogen and oxygen atoms in total. The zero-order valence-corrected chi connectivity index (χ0v) is 27.9. The third-order valence-corrected chi connectivity index (χ3v) is 11.8. The van der Waals surface area contributed by atoms with Crippen LogP contribution in [0, 0.1) is 17.0 Å². The molecule has 3 atom stereocenters. The Balaban J connectivity index is 1.58. The van der Waals surface area contributed by atoms with Gasteiger partial charge in [0.1, 0.15) is 6.17 Å². The van der Waals surface area contributed by atoms with Gasteiger partial charge in [0.15, 0.2) is 17.3 Å². The molecule has 1 fully saturated rings. The Hall–Kier alpha value is -3.71. The largest absolute Gasteiger partial charge is 0.469 e. The van der Waals surface area contributed by atoms with Gasteiger partial charge < -0.3 is 23.4 Å². The highest BCUT2D eigenvalue weighted by Gasteiger charge is 2.48. The van der Waals surface area contributed by atoms with Crippen LogP contribution in [0.2, 0.25) is 0 Å². The summed E-state index contributed by atoms with van der Waals surface area (Å²) in [5, 5.41) is 1.78. The number of nitrogens with zero attached hydrogens (tertiary/aromatic N) is 3. The highest BCUT2D eigenvalue weighted by atomic mass is 32.2. The van der Waals surface area contributed by atoms with E-state index in [0.717, 1.165) is 16.5 Å². The van der Waals surface area contributed by atoms with E-state index in [2.05, 4.69) is 0 Å². The van der Waals surface area contributed by atoms with Gasteiger partial charge in [-0.3, -0.25) is 24.1 Å². The number of fused-ring (bicyclic) bond motifs is 4. The fraction of sp³-hybridized carbons (Fsp3) is 0.406. The number of hydrogen-bond donors (Lipinski definition) is 0. The molecule has 0 spiro atoms. The smallest absolute Gasteiger partial charge is 0.380 e. The van der Waals surface area contributed by atoms with Crippen molar-refractivity contribution in [2.24, 2.45) is 5.41 Å². The van der Waals surface area contributed by atoms with Crippen LogP contribution in [0.25, 0.3) is 0 Å². The van der Waals surface area contributed by atoms with Crippen molar-refractivity contribution in [3.63, 3.8) is 0 Å². The number of rotatable bonds is 8. The highest BCUT2D eigenvalue weighted by molar-refractivity contribution is 7.98. The number of amides is 1. The Morgan fingerprint density at radius 2 is 1.89 bits per heavy atom. The number of hydrogen-bond acceptors (Lipinski definition) is 10. The first-order chi connectivity index (χ1) is 22.4. The lowest BCUT2D eigenvalue weighted by atomic mass is 9.93. The summed E-state index contributed by atoms with van der Waals surface area (Å²) in [6, 6.07) is 10.4. The molecule has 1 amide bonds. The van der Waals surface area contributed by atoms with Crippen LogP contribution in [0.5, 0.6) is 5.75 Å². The second-order valence-electron chi connectivity index (χ2n) is 11.9. The van der Waals surface area contributed by atoms with Gasteiger partial charge in [-0.25, -0.2) is 13.3 Å². The molecule has 0 radical (unpaired) electrons. The van der Waals surface area contributed by atoms with Crippen molar-refractivity contribution in [3.8, 4) is 5.75 Å². The van der Waals surface area contributed by atoms with Gasteiger partial charge in [0.05, 0.1) is 44.5 Å². The number of thioether (sulfide) groups is 1. The molecule has 47 heavy (non-hydrogen) atoms. The lowest BCUT2D eigenvalue weighted by molar-refractivity contribution is -0.149. The lowest BCUT2D eigenvalue weighted by Gasteiger charge is -2.51. The number of carbonyl (C=O) groups is 2. The summed E-state index contributed by atoms with van der Waals surface area (Å²) < 4.78 is 68.0. The maximum atomic E-state index is 15.5. The molecule has 1 saturated heterocycles. The summed E-state index contributed by atoms with van der Waals surface area (Å²) in [5.74, 6) is -3.56. The van der Waals surface area contributed by atoms with Crippen molar-refractivity contribution >= 4 is 31.2 Å². The molecule has 6 rings (SSSR count). The number of morpholine rings is 1.